The zero-order valence-corrected chi connectivity index (χ0v) is 18.5. The van der Waals surface area contributed by atoms with Crippen LogP contribution in [-0.2, 0) is 4.79 Å². The van der Waals surface area contributed by atoms with Crippen LogP contribution in [0, 0.1) is 16.7 Å². The molecular formula is C23H34N2O4. The van der Waals surface area contributed by atoms with E-state index in [4.69, 9.17) is 19.6 Å². The largest absolute Gasteiger partial charge is 0.493 e. The number of rotatable bonds is 6. The molecule has 0 bridgehead atoms. The summed E-state index contributed by atoms with van der Waals surface area (Å²) in [7, 11) is 3.03. The van der Waals surface area contributed by atoms with Crippen LogP contribution >= 0.6 is 0 Å². The Morgan fingerprint density at radius 1 is 1.24 bits per heavy atom. The average molecular weight is 403 g/mol. The molecule has 0 aliphatic carbocycles. The van der Waals surface area contributed by atoms with Crippen LogP contribution in [0.3, 0.4) is 0 Å². The molecule has 1 aliphatic heterocycles. The topological polar surface area (TPSA) is 71.8 Å². The van der Waals surface area contributed by atoms with E-state index in [1.807, 2.05) is 6.08 Å². The molecule has 0 saturated carbocycles. The lowest BCUT2D eigenvalue weighted by Gasteiger charge is -2.36. The predicted octanol–water partition coefficient (Wildman–Crippen LogP) is 4.77. The summed E-state index contributed by atoms with van der Waals surface area (Å²) in [4.78, 5) is 13.5. The predicted molar refractivity (Wildman–Crippen MR) is 116 cm³/mol. The quantitative estimate of drug-likeness (QED) is 0.321. The van der Waals surface area contributed by atoms with Crippen molar-refractivity contribution in [2.75, 3.05) is 27.3 Å². The zero-order valence-electron chi connectivity index (χ0n) is 18.5. The standard InChI is InChI=1S/C23H34N2O4/c1-16(26)29-22-19(27-5)12-17(13-20(22)28-6)9-10-21(24)25-11-7-8-18(15-25)14-23(2,3)4/h9-10,12-13,18,24H,7-8,11,14-15H2,1-6H3. The number of piperidine rings is 1. The van der Waals surface area contributed by atoms with Gasteiger partial charge in [0.2, 0.25) is 5.75 Å². The summed E-state index contributed by atoms with van der Waals surface area (Å²) in [5.41, 5.74) is 1.12. The van der Waals surface area contributed by atoms with Gasteiger partial charge in [-0.15, -0.1) is 0 Å². The van der Waals surface area contributed by atoms with Crippen molar-refractivity contribution in [1.82, 2.24) is 4.90 Å². The highest BCUT2D eigenvalue weighted by molar-refractivity contribution is 5.94. The molecule has 160 valence electrons. The lowest BCUT2D eigenvalue weighted by molar-refractivity contribution is -0.132. The number of ether oxygens (including phenoxy) is 3. The fourth-order valence-electron chi connectivity index (χ4n) is 3.84. The SMILES string of the molecule is COc1cc(C=CC(=N)N2CCCC(CC(C)(C)C)C2)cc(OC)c1OC(C)=O. The number of benzene rings is 1. The van der Waals surface area contributed by atoms with E-state index in [2.05, 4.69) is 25.7 Å². The van der Waals surface area contributed by atoms with Crippen LogP contribution in [0.4, 0.5) is 0 Å². The van der Waals surface area contributed by atoms with Crippen molar-refractivity contribution in [2.24, 2.45) is 11.3 Å². The Bertz CT molecular complexity index is 740. The number of nitrogens with zero attached hydrogens (tertiary/aromatic N) is 1. The maximum atomic E-state index is 11.4. The molecule has 0 radical (unpaired) electrons. The van der Waals surface area contributed by atoms with Crippen LogP contribution in [0.25, 0.3) is 6.08 Å². The highest BCUT2D eigenvalue weighted by atomic mass is 16.6. The Hall–Kier alpha value is -2.50. The smallest absolute Gasteiger partial charge is 0.308 e. The van der Waals surface area contributed by atoms with Crippen LogP contribution in [0.2, 0.25) is 0 Å². The lowest BCUT2D eigenvalue weighted by Crippen LogP contribution is -2.39. The summed E-state index contributed by atoms with van der Waals surface area (Å²) in [6, 6.07) is 3.53. The normalized spacial score (nSPS) is 17.3. The number of likely N-dealkylation sites (tertiary alicyclic amines) is 1. The highest BCUT2D eigenvalue weighted by Crippen LogP contribution is 2.39. The number of amidine groups is 1. The summed E-state index contributed by atoms with van der Waals surface area (Å²) in [6.45, 7) is 10.0. The van der Waals surface area contributed by atoms with Gasteiger partial charge >= 0.3 is 5.97 Å². The second-order valence-electron chi connectivity index (χ2n) is 8.79. The second kappa shape index (κ2) is 9.81. The molecule has 2 rings (SSSR count). The Kier molecular flexibility index (Phi) is 7.71. The van der Waals surface area contributed by atoms with Crippen molar-refractivity contribution < 1.29 is 19.0 Å². The van der Waals surface area contributed by atoms with Crippen molar-refractivity contribution in [1.29, 1.82) is 5.41 Å². The van der Waals surface area contributed by atoms with E-state index < -0.39 is 5.97 Å². The number of hydrogen-bond acceptors (Lipinski definition) is 5. The van der Waals surface area contributed by atoms with Gasteiger partial charge in [-0.2, -0.15) is 0 Å². The monoisotopic (exact) mass is 402 g/mol. The number of nitrogens with one attached hydrogen (secondary N) is 1. The first-order valence-electron chi connectivity index (χ1n) is 10.1. The van der Waals surface area contributed by atoms with Gasteiger partial charge in [-0.3, -0.25) is 10.2 Å². The van der Waals surface area contributed by atoms with Crippen molar-refractivity contribution >= 4 is 17.9 Å². The summed E-state index contributed by atoms with van der Waals surface area (Å²) >= 11 is 0. The minimum absolute atomic E-state index is 0.260. The molecule has 1 saturated heterocycles. The van der Waals surface area contributed by atoms with Gasteiger partial charge in [0.25, 0.3) is 0 Å². The van der Waals surface area contributed by atoms with E-state index in [1.165, 1.54) is 34.0 Å². The minimum Gasteiger partial charge on any atom is -0.493 e. The molecule has 1 aliphatic rings. The first-order chi connectivity index (χ1) is 13.6. The van der Waals surface area contributed by atoms with Gasteiger partial charge in [0.1, 0.15) is 5.84 Å². The molecule has 1 aromatic carbocycles. The van der Waals surface area contributed by atoms with E-state index in [0.717, 1.165) is 25.1 Å². The highest BCUT2D eigenvalue weighted by Gasteiger charge is 2.25. The Labute approximate surface area is 174 Å². The van der Waals surface area contributed by atoms with Gasteiger partial charge in [-0.25, -0.2) is 0 Å². The molecule has 1 aromatic rings. The number of carbonyl (C=O) groups excluding carboxylic acids is 1. The minimum atomic E-state index is -0.443. The average Bonchev–Trinajstić information content (AvgIpc) is 2.65. The molecule has 0 spiro atoms. The Morgan fingerprint density at radius 3 is 2.38 bits per heavy atom. The van der Waals surface area contributed by atoms with Crippen molar-refractivity contribution in [3.05, 3.63) is 23.8 Å². The van der Waals surface area contributed by atoms with Gasteiger partial charge in [-0.05, 0) is 54.4 Å². The molecular weight excluding hydrogens is 368 g/mol. The van der Waals surface area contributed by atoms with E-state index >= 15 is 0 Å². The van der Waals surface area contributed by atoms with Gasteiger partial charge in [0, 0.05) is 20.0 Å². The van der Waals surface area contributed by atoms with E-state index in [9.17, 15) is 4.79 Å². The fourth-order valence-corrected chi connectivity index (χ4v) is 3.84. The summed E-state index contributed by atoms with van der Waals surface area (Å²) in [5.74, 6) is 1.77. The van der Waals surface area contributed by atoms with Crippen molar-refractivity contribution in [2.45, 2.75) is 47.0 Å². The maximum absolute atomic E-state index is 11.4. The number of methoxy groups -OCH3 is 2. The third-order valence-electron chi connectivity index (χ3n) is 4.92. The Morgan fingerprint density at radius 2 is 1.86 bits per heavy atom. The number of esters is 1. The van der Waals surface area contributed by atoms with E-state index in [0.29, 0.717) is 28.7 Å². The molecule has 6 nitrogen and oxygen atoms in total. The molecule has 0 amide bonds. The summed E-state index contributed by atoms with van der Waals surface area (Å²) in [6.07, 6.45) is 7.19. The fraction of sp³-hybridized carbons (Fsp3) is 0.565. The molecule has 1 unspecified atom stereocenters. The molecule has 1 N–H and O–H groups in total. The van der Waals surface area contributed by atoms with Crippen LogP contribution < -0.4 is 14.2 Å². The van der Waals surface area contributed by atoms with Crippen LogP contribution in [-0.4, -0.2) is 44.0 Å². The first kappa shape index (κ1) is 22.8. The maximum Gasteiger partial charge on any atom is 0.308 e. The summed E-state index contributed by atoms with van der Waals surface area (Å²) < 4.78 is 15.9. The van der Waals surface area contributed by atoms with Crippen LogP contribution in [0.15, 0.2) is 18.2 Å². The number of carbonyl (C=O) groups is 1. The van der Waals surface area contributed by atoms with Gasteiger partial charge in [0.05, 0.1) is 14.2 Å². The molecule has 6 heteroatoms. The zero-order chi connectivity index (χ0) is 21.6. The van der Waals surface area contributed by atoms with Crippen molar-refractivity contribution in [3.8, 4) is 17.2 Å². The molecule has 1 fully saturated rings. The third-order valence-corrected chi connectivity index (χ3v) is 4.92. The summed E-state index contributed by atoms with van der Waals surface area (Å²) in [5, 5.41) is 8.49. The van der Waals surface area contributed by atoms with Gasteiger partial charge in [-0.1, -0.05) is 26.8 Å². The molecule has 29 heavy (non-hydrogen) atoms. The van der Waals surface area contributed by atoms with Crippen LogP contribution in [0.1, 0.15) is 52.5 Å². The van der Waals surface area contributed by atoms with Gasteiger partial charge in [0.15, 0.2) is 11.5 Å². The lowest BCUT2D eigenvalue weighted by atomic mass is 9.81. The van der Waals surface area contributed by atoms with Crippen LogP contribution in [0.5, 0.6) is 17.2 Å². The molecule has 1 atom stereocenters. The Balaban J connectivity index is 2.14. The van der Waals surface area contributed by atoms with E-state index in [1.54, 1.807) is 18.2 Å². The second-order valence-corrected chi connectivity index (χ2v) is 8.79. The van der Waals surface area contributed by atoms with Crippen molar-refractivity contribution in [3.63, 3.8) is 0 Å². The first-order valence-corrected chi connectivity index (χ1v) is 10.1. The van der Waals surface area contributed by atoms with Gasteiger partial charge < -0.3 is 19.1 Å². The van der Waals surface area contributed by atoms with E-state index in [-0.39, 0.29) is 5.75 Å². The molecule has 0 aromatic heterocycles. The third kappa shape index (κ3) is 6.80. The molecule has 1 heterocycles. The number of hydrogen-bond donors (Lipinski definition) is 1.